The molecule has 1 heterocycles. The average molecular weight is 349 g/mol. The van der Waals surface area contributed by atoms with Gasteiger partial charge in [-0.15, -0.1) is 0 Å². The zero-order valence-corrected chi connectivity index (χ0v) is 16.4. The Hall–Kier alpha value is -2.22. The van der Waals surface area contributed by atoms with Crippen molar-refractivity contribution in [1.29, 1.82) is 0 Å². The van der Waals surface area contributed by atoms with Crippen molar-refractivity contribution in [3.8, 4) is 0 Å². The zero-order chi connectivity index (χ0) is 18.4. The van der Waals surface area contributed by atoms with Crippen LogP contribution < -0.4 is 0 Å². The Morgan fingerprint density at radius 1 is 0.808 bits per heavy atom. The summed E-state index contributed by atoms with van der Waals surface area (Å²) in [6.45, 7) is 8.99. The van der Waals surface area contributed by atoms with Crippen LogP contribution in [-0.2, 0) is 6.42 Å². The van der Waals surface area contributed by atoms with Gasteiger partial charge in [-0.1, -0.05) is 74.5 Å². The second-order valence-corrected chi connectivity index (χ2v) is 7.19. The Balaban J connectivity index is 2.10. The van der Waals surface area contributed by atoms with E-state index in [-0.39, 0.29) is 5.66 Å². The number of likely N-dealkylation sites (N-methyl/N-ethyl adjacent to an activating group) is 1. The van der Waals surface area contributed by atoms with Crippen LogP contribution in [0.1, 0.15) is 50.7 Å². The Morgan fingerprint density at radius 3 is 2.00 bits per heavy atom. The highest BCUT2D eigenvalue weighted by molar-refractivity contribution is 5.30. The quantitative estimate of drug-likeness (QED) is 0.609. The number of hydrogen-bond acceptors (Lipinski definition) is 2. The first-order valence-electron chi connectivity index (χ1n) is 10.1. The third kappa shape index (κ3) is 3.38. The third-order valence-corrected chi connectivity index (χ3v) is 5.70. The topological polar surface area (TPSA) is 6.48 Å². The fourth-order valence-electron chi connectivity index (χ4n) is 4.61. The predicted octanol–water partition coefficient (Wildman–Crippen LogP) is 5.64. The molecule has 0 N–H and O–H groups in total. The molecular formula is C24H32N2. The van der Waals surface area contributed by atoms with Crippen molar-refractivity contribution in [2.75, 3.05) is 13.1 Å². The van der Waals surface area contributed by atoms with Gasteiger partial charge in [0.2, 0.25) is 0 Å². The fourth-order valence-corrected chi connectivity index (χ4v) is 4.61. The van der Waals surface area contributed by atoms with Crippen LogP contribution in [0.4, 0.5) is 0 Å². The van der Waals surface area contributed by atoms with Crippen molar-refractivity contribution >= 4 is 0 Å². The molecule has 0 saturated heterocycles. The lowest BCUT2D eigenvalue weighted by Gasteiger charge is -2.51. The molecule has 1 aliphatic heterocycles. The van der Waals surface area contributed by atoms with Crippen molar-refractivity contribution in [3.05, 3.63) is 84.2 Å². The second-order valence-electron chi connectivity index (χ2n) is 7.19. The van der Waals surface area contributed by atoms with Crippen molar-refractivity contribution in [3.63, 3.8) is 0 Å². The summed E-state index contributed by atoms with van der Waals surface area (Å²) < 4.78 is 0. The van der Waals surface area contributed by atoms with E-state index < -0.39 is 0 Å². The molecule has 0 radical (unpaired) electrons. The van der Waals surface area contributed by atoms with Gasteiger partial charge in [-0.05, 0) is 30.9 Å². The van der Waals surface area contributed by atoms with Gasteiger partial charge in [-0.2, -0.15) is 0 Å². The van der Waals surface area contributed by atoms with Gasteiger partial charge in [0.25, 0.3) is 0 Å². The van der Waals surface area contributed by atoms with Crippen molar-refractivity contribution in [2.24, 2.45) is 0 Å². The molecule has 0 aromatic heterocycles. The van der Waals surface area contributed by atoms with Crippen LogP contribution in [0.5, 0.6) is 0 Å². The highest BCUT2D eigenvalue weighted by atomic mass is 15.4. The van der Waals surface area contributed by atoms with E-state index >= 15 is 0 Å². The monoisotopic (exact) mass is 348 g/mol. The third-order valence-electron chi connectivity index (χ3n) is 5.70. The number of nitrogens with zero attached hydrogens (tertiary/aromatic N) is 2. The van der Waals surface area contributed by atoms with Gasteiger partial charge in [0.15, 0.2) is 0 Å². The minimum atomic E-state index is -0.0395. The van der Waals surface area contributed by atoms with Crippen LogP contribution in [0.3, 0.4) is 0 Å². The predicted molar refractivity (Wildman–Crippen MR) is 111 cm³/mol. The maximum absolute atomic E-state index is 2.60. The molecule has 138 valence electrons. The van der Waals surface area contributed by atoms with Gasteiger partial charge >= 0.3 is 0 Å². The van der Waals surface area contributed by atoms with Gasteiger partial charge in [0, 0.05) is 37.8 Å². The summed E-state index contributed by atoms with van der Waals surface area (Å²) in [5, 5.41) is 0. The lowest BCUT2D eigenvalue weighted by Crippen LogP contribution is -2.59. The first-order chi connectivity index (χ1) is 12.8. The van der Waals surface area contributed by atoms with Crippen molar-refractivity contribution < 1.29 is 0 Å². The first-order valence-corrected chi connectivity index (χ1v) is 10.1. The largest absolute Gasteiger partial charge is 0.353 e. The summed E-state index contributed by atoms with van der Waals surface area (Å²) in [6, 6.07) is 22.1. The summed E-state index contributed by atoms with van der Waals surface area (Å²) in [5.41, 5.74) is 2.81. The lowest BCUT2D eigenvalue weighted by molar-refractivity contribution is 0.000943. The van der Waals surface area contributed by atoms with E-state index in [1.54, 1.807) is 0 Å². The van der Waals surface area contributed by atoms with Crippen molar-refractivity contribution in [2.45, 2.75) is 51.6 Å². The molecule has 2 unspecified atom stereocenters. The van der Waals surface area contributed by atoms with Crippen LogP contribution in [0.25, 0.3) is 0 Å². The lowest BCUT2D eigenvalue weighted by atomic mass is 9.78. The van der Waals surface area contributed by atoms with E-state index in [4.69, 9.17) is 0 Å². The summed E-state index contributed by atoms with van der Waals surface area (Å²) in [6.07, 6.45) is 7.94. The maximum Gasteiger partial charge on any atom is 0.123 e. The Kier molecular flexibility index (Phi) is 6.03. The molecule has 0 bridgehead atoms. The van der Waals surface area contributed by atoms with E-state index in [2.05, 4.69) is 104 Å². The summed E-state index contributed by atoms with van der Waals surface area (Å²) >= 11 is 0. The SMILES string of the molecule is CCCN1C=CN(CC)C1(Cc1ccccc1)C(CC)c1ccccc1. The second kappa shape index (κ2) is 8.44. The van der Waals surface area contributed by atoms with E-state index in [0.29, 0.717) is 5.92 Å². The molecule has 3 rings (SSSR count). The minimum absolute atomic E-state index is 0.0395. The number of hydrogen-bond donors (Lipinski definition) is 0. The maximum atomic E-state index is 2.60. The average Bonchev–Trinajstić information content (AvgIpc) is 3.02. The summed E-state index contributed by atoms with van der Waals surface area (Å²) in [7, 11) is 0. The van der Waals surface area contributed by atoms with Gasteiger partial charge in [0.05, 0.1) is 0 Å². The Labute approximate surface area is 159 Å². The molecule has 0 amide bonds. The minimum Gasteiger partial charge on any atom is -0.353 e. The van der Waals surface area contributed by atoms with Crippen molar-refractivity contribution in [1.82, 2.24) is 9.80 Å². The van der Waals surface area contributed by atoms with Crippen LogP contribution in [0, 0.1) is 0 Å². The van der Waals surface area contributed by atoms with Crippen LogP contribution in [0.15, 0.2) is 73.1 Å². The Morgan fingerprint density at radius 2 is 1.42 bits per heavy atom. The van der Waals surface area contributed by atoms with E-state index in [1.807, 2.05) is 0 Å². The number of rotatable bonds is 8. The molecule has 0 saturated carbocycles. The fraction of sp³-hybridized carbons (Fsp3) is 0.417. The van der Waals surface area contributed by atoms with E-state index in [1.165, 1.54) is 11.1 Å². The van der Waals surface area contributed by atoms with Crippen LogP contribution in [0.2, 0.25) is 0 Å². The molecule has 2 nitrogen and oxygen atoms in total. The highest BCUT2D eigenvalue weighted by Crippen LogP contribution is 2.44. The molecule has 2 aromatic carbocycles. The Bertz CT molecular complexity index is 695. The van der Waals surface area contributed by atoms with Gasteiger partial charge < -0.3 is 9.80 Å². The normalized spacial score (nSPS) is 20.6. The van der Waals surface area contributed by atoms with E-state index in [9.17, 15) is 0 Å². The van der Waals surface area contributed by atoms with E-state index in [0.717, 1.165) is 32.4 Å². The highest BCUT2D eigenvalue weighted by Gasteiger charge is 2.48. The summed E-state index contributed by atoms with van der Waals surface area (Å²) in [4.78, 5) is 5.17. The molecule has 2 atom stereocenters. The van der Waals surface area contributed by atoms with Crippen LogP contribution in [-0.4, -0.2) is 28.6 Å². The molecule has 1 aliphatic rings. The summed E-state index contributed by atoms with van der Waals surface area (Å²) in [5.74, 6) is 0.449. The number of benzene rings is 2. The first kappa shape index (κ1) is 18.6. The van der Waals surface area contributed by atoms with Gasteiger partial charge in [-0.3, -0.25) is 0 Å². The molecule has 0 spiro atoms. The standard InChI is InChI=1S/C24H32N2/c1-4-17-26-19-18-25(6-3)24(26,20-21-13-9-7-10-14-21)23(5-2)22-15-11-8-12-16-22/h7-16,18-19,23H,4-6,17,20H2,1-3H3. The molecule has 0 aliphatic carbocycles. The molecular weight excluding hydrogens is 316 g/mol. The van der Waals surface area contributed by atoms with Gasteiger partial charge in [-0.25, -0.2) is 0 Å². The molecule has 26 heavy (non-hydrogen) atoms. The smallest absolute Gasteiger partial charge is 0.123 e. The van der Waals surface area contributed by atoms with Gasteiger partial charge in [0.1, 0.15) is 5.66 Å². The zero-order valence-electron chi connectivity index (χ0n) is 16.4. The molecule has 0 fully saturated rings. The molecule has 2 heteroatoms. The van der Waals surface area contributed by atoms with Crippen LogP contribution >= 0.6 is 0 Å². The molecule has 2 aromatic rings.